The monoisotopic (exact) mass is 406 g/mol. The highest BCUT2D eigenvalue weighted by Gasteiger charge is 2.29. The summed E-state index contributed by atoms with van der Waals surface area (Å²) >= 11 is 0. The summed E-state index contributed by atoms with van der Waals surface area (Å²) < 4.78 is 1.46. The molecule has 0 radical (unpaired) electrons. The number of hydrogen-bond acceptors (Lipinski definition) is 4. The number of rotatable bonds is 6. The number of hydrogen-bond donors (Lipinski definition) is 2. The van der Waals surface area contributed by atoms with Crippen molar-refractivity contribution in [1.82, 2.24) is 14.5 Å². The molecular formula is C23H26N4O3. The summed E-state index contributed by atoms with van der Waals surface area (Å²) in [7, 11) is 0. The molecule has 1 aliphatic carbocycles. The van der Waals surface area contributed by atoms with Crippen LogP contribution < -0.4 is 16.6 Å². The van der Waals surface area contributed by atoms with Crippen molar-refractivity contribution in [2.24, 2.45) is 0 Å². The van der Waals surface area contributed by atoms with E-state index in [2.05, 4.69) is 15.3 Å². The van der Waals surface area contributed by atoms with Crippen molar-refractivity contribution in [1.29, 1.82) is 0 Å². The van der Waals surface area contributed by atoms with Gasteiger partial charge in [-0.3, -0.25) is 19.1 Å². The van der Waals surface area contributed by atoms with Crippen LogP contribution >= 0.6 is 0 Å². The maximum absolute atomic E-state index is 13.4. The molecule has 0 atom stereocenters. The first kappa shape index (κ1) is 20.1. The van der Waals surface area contributed by atoms with Gasteiger partial charge in [0.1, 0.15) is 0 Å². The average molecular weight is 406 g/mol. The van der Waals surface area contributed by atoms with E-state index >= 15 is 0 Å². The average Bonchev–Trinajstić information content (AvgIpc) is 3.57. The molecule has 1 saturated carbocycles. The fraction of sp³-hybridized carbons (Fsp3) is 0.391. The number of pyridine rings is 1. The van der Waals surface area contributed by atoms with Gasteiger partial charge in [-0.15, -0.1) is 0 Å². The molecule has 1 aromatic carbocycles. The van der Waals surface area contributed by atoms with Crippen LogP contribution in [0.4, 0.5) is 5.69 Å². The highest BCUT2D eigenvalue weighted by molar-refractivity contribution is 6.12. The van der Waals surface area contributed by atoms with Crippen molar-refractivity contribution in [2.75, 3.05) is 5.32 Å². The molecule has 2 heterocycles. The predicted octanol–water partition coefficient (Wildman–Crippen LogP) is 3.50. The minimum atomic E-state index is -0.581. The number of nitrogens with one attached hydrogen (secondary N) is 2. The number of aryl methyl sites for hydroxylation is 3. The molecule has 4 rings (SSSR count). The summed E-state index contributed by atoms with van der Waals surface area (Å²) in [4.78, 5) is 45.5. The molecule has 1 fully saturated rings. The van der Waals surface area contributed by atoms with Crippen molar-refractivity contribution in [3.63, 3.8) is 0 Å². The van der Waals surface area contributed by atoms with Gasteiger partial charge in [-0.1, -0.05) is 32.0 Å². The first-order valence-corrected chi connectivity index (χ1v) is 10.5. The first-order chi connectivity index (χ1) is 14.4. The number of aromatic nitrogens is 3. The third-order valence-electron chi connectivity index (χ3n) is 5.63. The number of anilines is 1. The number of amides is 1. The Labute approximate surface area is 174 Å². The lowest BCUT2D eigenvalue weighted by Gasteiger charge is -2.15. The summed E-state index contributed by atoms with van der Waals surface area (Å²) in [5, 5.41) is 3.17. The minimum absolute atomic E-state index is 0.164. The molecule has 1 amide bonds. The van der Waals surface area contributed by atoms with Crippen LogP contribution in [0.3, 0.4) is 0 Å². The van der Waals surface area contributed by atoms with Crippen molar-refractivity contribution >= 4 is 22.6 Å². The quantitative estimate of drug-likeness (QED) is 0.655. The Hall–Kier alpha value is -3.22. The van der Waals surface area contributed by atoms with Gasteiger partial charge in [-0.2, -0.15) is 0 Å². The van der Waals surface area contributed by atoms with E-state index in [1.807, 2.05) is 39.0 Å². The molecule has 1 aliphatic rings. The second-order valence-corrected chi connectivity index (χ2v) is 7.90. The number of H-pyrrole nitrogens is 1. The molecule has 7 nitrogen and oxygen atoms in total. The standard InChI is InChI=1S/C23H26N4O3/c1-4-11-27-20-18(22(29)26-23(27)30)16(12-17(24-20)15-9-10-15)21(28)25-19-13(3)7-6-8-14(19)5-2/h6-8,12,15H,4-5,9-11H2,1-3H3,(H,25,28)(H,26,29,30). The summed E-state index contributed by atoms with van der Waals surface area (Å²) in [6.45, 7) is 6.35. The number of fused-ring (bicyclic) bond motifs is 1. The number of para-hydroxylation sites is 1. The van der Waals surface area contributed by atoms with Crippen LogP contribution in [-0.2, 0) is 13.0 Å². The van der Waals surface area contributed by atoms with Gasteiger partial charge >= 0.3 is 5.69 Å². The van der Waals surface area contributed by atoms with Gasteiger partial charge in [0.25, 0.3) is 11.5 Å². The van der Waals surface area contributed by atoms with E-state index in [1.54, 1.807) is 6.07 Å². The van der Waals surface area contributed by atoms with Crippen LogP contribution in [0.1, 0.15) is 66.2 Å². The Morgan fingerprint density at radius 3 is 2.70 bits per heavy atom. The molecule has 0 saturated heterocycles. The van der Waals surface area contributed by atoms with Crippen molar-refractivity contribution < 1.29 is 4.79 Å². The molecule has 30 heavy (non-hydrogen) atoms. The van der Waals surface area contributed by atoms with E-state index in [9.17, 15) is 14.4 Å². The lowest BCUT2D eigenvalue weighted by atomic mass is 10.0. The highest BCUT2D eigenvalue weighted by Crippen LogP contribution is 2.40. The van der Waals surface area contributed by atoms with E-state index in [0.717, 1.165) is 41.8 Å². The van der Waals surface area contributed by atoms with Crippen LogP contribution in [0, 0.1) is 6.92 Å². The number of carbonyl (C=O) groups excluding carboxylic acids is 1. The van der Waals surface area contributed by atoms with E-state index in [-0.39, 0.29) is 22.8 Å². The van der Waals surface area contributed by atoms with Crippen molar-refractivity contribution in [2.45, 2.75) is 58.9 Å². The Morgan fingerprint density at radius 1 is 1.27 bits per heavy atom. The van der Waals surface area contributed by atoms with Crippen LogP contribution in [0.15, 0.2) is 33.9 Å². The van der Waals surface area contributed by atoms with E-state index < -0.39 is 11.2 Å². The minimum Gasteiger partial charge on any atom is -0.321 e. The van der Waals surface area contributed by atoms with Gasteiger partial charge in [0.2, 0.25) is 0 Å². The molecule has 2 aromatic heterocycles. The molecular weight excluding hydrogens is 380 g/mol. The molecule has 0 aliphatic heterocycles. The number of carbonyl (C=O) groups is 1. The Balaban J connectivity index is 1.92. The Kier molecular flexibility index (Phi) is 5.28. The van der Waals surface area contributed by atoms with E-state index in [1.165, 1.54) is 4.57 Å². The maximum Gasteiger partial charge on any atom is 0.329 e. The zero-order valence-corrected chi connectivity index (χ0v) is 17.5. The summed E-state index contributed by atoms with van der Waals surface area (Å²) in [5.41, 5.74) is 3.00. The van der Waals surface area contributed by atoms with Crippen molar-refractivity contribution in [3.8, 4) is 0 Å². The SMILES string of the molecule is CCCn1c(=O)[nH]c(=O)c2c(C(=O)Nc3c(C)cccc3CC)cc(C3CC3)nc21. The fourth-order valence-electron chi connectivity index (χ4n) is 3.87. The van der Waals surface area contributed by atoms with Gasteiger partial charge in [0.05, 0.1) is 10.9 Å². The first-order valence-electron chi connectivity index (χ1n) is 10.5. The lowest BCUT2D eigenvalue weighted by Crippen LogP contribution is -2.32. The second kappa shape index (κ2) is 7.89. The van der Waals surface area contributed by atoms with Crippen molar-refractivity contribution in [3.05, 3.63) is 67.5 Å². The third-order valence-corrected chi connectivity index (χ3v) is 5.63. The van der Waals surface area contributed by atoms with Gasteiger partial charge in [-0.05, 0) is 49.8 Å². The summed E-state index contributed by atoms with van der Waals surface area (Å²) in [6.07, 6.45) is 3.48. The maximum atomic E-state index is 13.4. The smallest absolute Gasteiger partial charge is 0.321 e. The lowest BCUT2D eigenvalue weighted by molar-refractivity contribution is 0.102. The number of aromatic amines is 1. The summed E-state index contributed by atoms with van der Waals surface area (Å²) in [5.74, 6) is -0.0874. The molecule has 0 unspecified atom stereocenters. The zero-order chi connectivity index (χ0) is 21.4. The molecule has 7 heteroatoms. The van der Waals surface area contributed by atoms with Gasteiger partial charge in [0.15, 0.2) is 5.65 Å². The van der Waals surface area contributed by atoms with Crippen LogP contribution in [0.2, 0.25) is 0 Å². The van der Waals surface area contributed by atoms with E-state index in [0.29, 0.717) is 18.6 Å². The van der Waals surface area contributed by atoms with E-state index in [4.69, 9.17) is 0 Å². The van der Waals surface area contributed by atoms with Gasteiger partial charge in [-0.25, -0.2) is 9.78 Å². The number of benzene rings is 1. The molecule has 0 spiro atoms. The van der Waals surface area contributed by atoms with Crippen LogP contribution in [-0.4, -0.2) is 20.4 Å². The molecule has 156 valence electrons. The fourth-order valence-corrected chi connectivity index (χ4v) is 3.87. The Morgan fingerprint density at radius 2 is 2.03 bits per heavy atom. The van der Waals surface area contributed by atoms with Gasteiger partial charge in [0, 0.05) is 23.8 Å². The normalized spacial score (nSPS) is 13.6. The molecule has 3 aromatic rings. The predicted molar refractivity (Wildman–Crippen MR) is 117 cm³/mol. The summed E-state index contributed by atoms with van der Waals surface area (Å²) in [6, 6.07) is 7.61. The largest absolute Gasteiger partial charge is 0.329 e. The number of nitrogens with zero attached hydrogens (tertiary/aromatic N) is 2. The third kappa shape index (κ3) is 3.56. The second-order valence-electron chi connectivity index (χ2n) is 7.90. The van der Waals surface area contributed by atoms with Crippen LogP contribution in [0.5, 0.6) is 0 Å². The zero-order valence-electron chi connectivity index (χ0n) is 17.5. The Bertz CT molecular complexity index is 1250. The topological polar surface area (TPSA) is 96.9 Å². The molecule has 2 N–H and O–H groups in total. The van der Waals surface area contributed by atoms with Crippen LogP contribution in [0.25, 0.3) is 11.0 Å². The molecule has 0 bridgehead atoms. The highest BCUT2D eigenvalue weighted by atomic mass is 16.2. The van der Waals surface area contributed by atoms with Gasteiger partial charge < -0.3 is 5.32 Å².